The summed E-state index contributed by atoms with van der Waals surface area (Å²) in [5, 5.41) is 3.21. The second-order valence-electron chi connectivity index (χ2n) is 6.83. The molecular weight excluding hydrogens is 439 g/mol. The third kappa shape index (κ3) is 4.16. The largest absolute Gasteiger partial charge is 0.454 e. The molecule has 29 heavy (non-hydrogen) atoms. The van der Waals surface area contributed by atoms with Gasteiger partial charge < -0.3 is 14.8 Å². The lowest BCUT2D eigenvalue weighted by molar-refractivity contribution is -0.120. The molecule has 0 bridgehead atoms. The van der Waals surface area contributed by atoms with Gasteiger partial charge in [-0.15, -0.1) is 0 Å². The monoisotopic (exact) mass is 456 g/mol. The molecule has 1 N–H and O–H groups in total. The summed E-state index contributed by atoms with van der Waals surface area (Å²) >= 11 is 12.0. The molecule has 4 rings (SSSR count). The van der Waals surface area contributed by atoms with Crippen molar-refractivity contribution in [3.05, 3.63) is 46.4 Å². The molecule has 0 spiro atoms. The number of ether oxygens (including phenoxy) is 2. The Morgan fingerprint density at radius 3 is 2.72 bits per heavy atom. The first-order valence-electron chi connectivity index (χ1n) is 9.00. The van der Waals surface area contributed by atoms with Gasteiger partial charge in [0.15, 0.2) is 11.5 Å². The van der Waals surface area contributed by atoms with Crippen LogP contribution in [-0.4, -0.2) is 38.5 Å². The fourth-order valence-corrected chi connectivity index (χ4v) is 5.67. The van der Waals surface area contributed by atoms with E-state index in [2.05, 4.69) is 5.32 Å². The van der Waals surface area contributed by atoms with Crippen LogP contribution in [0.4, 0.5) is 5.69 Å². The number of sulfonamides is 1. The Hall–Kier alpha value is -2.00. The molecule has 154 valence electrons. The molecule has 0 unspecified atom stereocenters. The molecular formula is C19H18Cl2N2O5S. The molecule has 1 atom stereocenters. The molecule has 2 aliphatic heterocycles. The molecule has 2 heterocycles. The fourth-order valence-electron chi connectivity index (χ4n) is 3.41. The van der Waals surface area contributed by atoms with E-state index in [1.807, 2.05) is 0 Å². The van der Waals surface area contributed by atoms with E-state index >= 15 is 0 Å². The third-order valence-electron chi connectivity index (χ3n) is 4.91. The van der Waals surface area contributed by atoms with Gasteiger partial charge in [0.2, 0.25) is 22.7 Å². The van der Waals surface area contributed by atoms with Gasteiger partial charge in [-0.25, -0.2) is 8.42 Å². The van der Waals surface area contributed by atoms with Crippen LogP contribution in [0.2, 0.25) is 10.0 Å². The van der Waals surface area contributed by atoms with Gasteiger partial charge >= 0.3 is 0 Å². The fraction of sp³-hybridized carbons (Fsp3) is 0.316. The molecule has 0 aliphatic carbocycles. The van der Waals surface area contributed by atoms with E-state index in [4.69, 9.17) is 32.7 Å². The zero-order valence-corrected chi connectivity index (χ0v) is 17.6. The van der Waals surface area contributed by atoms with Crippen molar-refractivity contribution in [3.63, 3.8) is 0 Å². The van der Waals surface area contributed by atoms with Crippen molar-refractivity contribution in [1.82, 2.24) is 4.31 Å². The Morgan fingerprint density at radius 2 is 1.90 bits per heavy atom. The molecule has 0 saturated carbocycles. The van der Waals surface area contributed by atoms with Crippen molar-refractivity contribution in [2.75, 3.05) is 25.2 Å². The van der Waals surface area contributed by atoms with Crippen LogP contribution in [0.15, 0.2) is 41.3 Å². The van der Waals surface area contributed by atoms with Gasteiger partial charge in [-0.2, -0.15) is 4.31 Å². The van der Waals surface area contributed by atoms with Crippen LogP contribution in [0.25, 0.3) is 0 Å². The van der Waals surface area contributed by atoms with E-state index in [1.54, 1.807) is 18.2 Å². The highest BCUT2D eigenvalue weighted by molar-refractivity contribution is 7.89. The maximum Gasteiger partial charge on any atom is 0.244 e. The first kappa shape index (κ1) is 20.3. The summed E-state index contributed by atoms with van der Waals surface area (Å²) in [6.45, 7) is 0.536. The molecule has 10 heteroatoms. The van der Waals surface area contributed by atoms with Gasteiger partial charge in [0, 0.05) is 29.9 Å². The van der Waals surface area contributed by atoms with Gasteiger partial charge in [0.1, 0.15) is 4.90 Å². The minimum absolute atomic E-state index is 0.0523. The van der Waals surface area contributed by atoms with Gasteiger partial charge in [0.05, 0.1) is 10.9 Å². The van der Waals surface area contributed by atoms with Crippen LogP contribution in [0.1, 0.15) is 12.8 Å². The number of nitrogens with one attached hydrogen (secondary N) is 1. The molecule has 2 aliphatic rings. The van der Waals surface area contributed by atoms with Gasteiger partial charge in [-0.05, 0) is 43.2 Å². The number of amides is 1. The summed E-state index contributed by atoms with van der Waals surface area (Å²) in [5.74, 6) is 0.449. The number of fused-ring (bicyclic) bond motifs is 1. The maximum atomic E-state index is 13.0. The number of halogens is 2. The SMILES string of the molecule is O=C(Nc1ccc2c(c1)OCO2)[C@@H]1CCCN(S(=O)(=O)c2cc(Cl)ccc2Cl)C1. The zero-order valence-electron chi connectivity index (χ0n) is 15.2. The Balaban J connectivity index is 1.49. The van der Waals surface area contributed by atoms with Crippen LogP contribution in [0.5, 0.6) is 11.5 Å². The first-order chi connectivity index (χ1) is 13.8. The lowest BCUT2D eigenvalue weighted by Crippen LogP contribution is -2.43. The summed E-state index contributed by atoms with van der Waals surface area (Å²) < 4.78 is 37.9. The zero-order chi connectivity index (χ0) is 20.6. The number of hydrogen-bond acceptors (Lipinski definition) is 5. The number of nitrogens with zero attached hydrogens (tertiary/aromatic N) is 1. The minimum atomic E-state index is -3.86. The lowest BCUT2D eigenvalue weighted by Gasteiger charge is -2.31. The van der Waals surface area contributed by atoms with Crippen molar-refractivity contribution >= 4 is 44.8 Å². The van der Waals surface area contributed by atoms with Crippen molar-refractivity contribution in [2.45, 2.75) is 17.7 Å². The molecule has 1 fully saturated rings. The molecule has 2 aromatic rings. The number of carbonyl (C=O) groups is 1. The predicted octanol–water partition coefficient (Wildman–Crippen LogP) is 3.76. The number of hydrogen-bond donors (Lipinski definition) is 1. The standard InChI is InChI=1S/C19H18Cl2N2O5S/c20-13-3-5-15(21)18(8-13)29(25,26)23-7-1-2-12(10-23)19(24)22-14-4-6-16-17(9-14)28-11-27-16/h3-6,8-9,12H,1-2,7,10-11H2,(H,22,24)/t12-/m1/s1. The van der Waals surface area contributed by atoms with E-state index in [9.17, 15) is 13.2 Å². The predicted molar refractivity (Wildman–Crippen MR) is 109 cm³/mol. The van der Waals surface area contributed by atoms with E-state index in [-0.39, 0.29) is 34.2 Å². The quantitative estimate of drug-likeness (QED) is 0.756. The Bertz CT molecular complexity index is 1060. The highest BCUT2D eigenvalue weighted by atomic mass is 35.5. The number of benzene rings is 2. The number of rotatable bonds is 4. The van der Waals surface area contributed by atoms with Crippen LogP contribution >= 0.6 is 23.2 Å². The van der Waals surface area contributed by atoms with Crippen LogP contribution < -0.4 is 14.8 Å². The highest BCUT2D eigenvalue weighted by Crippen LogP contribution is 2.35. The molecule has 2 aromatic carbocycles. The van der Waals surface area contributed by atoms with E-state index < -0.39 is 15.9 Å². The summed E-state index contributed by atoms with van der Waals surface area (Å²) in [6, 6.07) is 9.43. The lowest BCUT2D eigenvalue weighted by atomic mass is 9.98. The van der Waals surface area contributed by atoms with E-state index in [0.717, 1.165) is 0 Å². The summed E-state index contributed by atoms with van der Waals surface area (Å²) in [7, 11) is -3.86. The highest BCUT2D eigenvalue weighted by Gasteiger charge is 2.34. The topological polar surface area (TPSA) is 84.9 Å². The van der Waals surface area contributed by atoms with Crippen LogP contribution in [-0.2, 0) is 14.8 Å². The number of piperidine rings is 1. The van der Waals surface area contributed by atoms with Crippen molar-refractivity contribution < 1.29 is 22.7 Å². The maximum absolute atomic E-state index is 13.0. The normalized spacial score (nSPS) is 19.2. The Labute approximate surface area is 178 Å². The van der Waals surface area contributed by atoms with Crippen LogP contribution in [0, 0.1) is 5.92 Å². The third-order valence-corrected chi connectivity index (χ3v) is 7.49. The van der Waals surface area contributed by atoms with Gasteiger partial charge in [0.25, 0.3) is 0 Å². The van der Waals surface area contributed by atoms with Crippen LogP contribution in [0.3, 0.4) is 0 Å². The van der Waals surface area contributed by atoms with Crippen molar-refractivity contribution in [3.8, 4) is 11.5 Å². The average molecular weight is 457 g/mol. The molecule has 1 amide bonds. The molecule has 7 nitrogen and oxygen atoms in total. The van der Waals surface area contributed by atoms with Crippen molar-refractivity contribution in [2.24, 2.45) is 5.92 Å². The second kappa shape index (κ2) is 8.02. The minimum Gasteiger partial charge on any atom is -0.454 e. The smallest absolute Gasteiger partial charge is 0.244 e. The van der Waals surface area contributed by atoms with E-state index in [0.29, 0.717) is 36.6 Å². The van der Waals surface area contributed by atoms with E-state index in [1.165, 1.54) is 22.5 Å². The average Bonchev–Trinajstić information content (AvgIpc) is 3.17. The number of anilines is 1. The molecule has 0 radical (unpaired) electrons. The Kier molecular flexibility index (Phi) is 5.61. The van der Waals surface area contributed by atoms with Crippen molar-refractivity contribution in [1.29, 1.82) is 0 Å². The molecule has 0 aromatic heterocycles. The summed E-state index contributed by atoms with van der Waals surface area (Å²) in [6.07, 6.45) is 1.16. The molecule has 1 saturated heterocycles. The first-order valence-corrected chi connectivity index (χ1v) is 11.2. The number of carbonyl (C=O) groups excluding carboxylic acids is 1. The van der Waals surface area contributed by atoms with Gasteiger partial charge in [-0.1, -0.05) is 23.2 Å². The summed E-state index contributed by atoms with van der Waals surface area (Å²) in [4.78, 5) is 12.7. The van der Waals surface area contributed by atoms with Gasteiger partial charge in [-0.3, -0.25) is 4.79 Å². The summed E-state index contributed by atoms with van der Waals surface area (Å²) in [5.41, 5.74) is 0.567. The second-order valence-corrected chi connectivity index (χ2v) is 9.58. The Morgan fingerprint density at radius 1 is 1.10 bits per heavy atom.